The van der Waals surface area contributed by atoms with Crippen LogP contribution in [0.1, 0.15) is 19.3 Å². The summed E-state index contributed by atoms with van der Waals surface area (Å²) >= 11 is 4.70. The van der Waals surface area contributed by atoms with Gasteiger partial charge in [-0.2, -0.15) is 12.6 Å². The molecule has 0 aromatic heterocycles. The van der Waals surface area contributed by atoms with E-state index in [0.29, 0.717) is 17.5 Å². The zero-order valence-corrected chi connectivity index (χ0v) is 7.91. The maximum Gasteiger partial charge on any atom is 0.0876 e. The van der Waals surface area contributed by atoms with Crippen molar-refractivity contribution in [2.45, 2.75) is 36.7 Å². The quantitative estimate of drug-likeness (QED) is 0.444. The molecule has 0 radical (unpaired) electrons. The average molecular weight is 182 g/mol. The molecule has 2 bridgehead atoms. The molecular weight excluding hydrogens is 168 g/mol. The third kappa shape index (κ3) is 0.578. The van der Waals surface area contributed by atoms with E-state index in [4.69, 9.17) is 17.4 Å². The molecule has 1 aliphatic heterocycles. The van der Waals surface area contributed by atoms with Gasteiger partial charge in [0.25, 0.3) is 0 Å². The summed E-state index contributed by atoms with van der Waals surface area (Å²) in [5, 5.41) is 0.704. The minimum Gasteiger partial charge on any atom is -0.369 e. The van der Waals surface area contributed by atoms with Gasteiger partial charge in [0.05, 0.1) is 12.2 Å². The fourth-order valence-electron chi connectivity index (χ4n) is 4.34. The van der Waals surface area contributed by atoms with E-state index in [1.807, 2.05) is 0 Å². The van der Waals surface area contributed by atoms with E-state index in [-0.39, 0.29) is 0 Å². The molecule has 1 heterocycles. The van der Waals surface area contributed by atoms with Crippen molar-refractivity contribution in [3.8, 4) is 0 Å². The number of fused-ring (bicyclic) bond motifs is 8. The van der Waals surface area contributed by atoms with E-state index >= 15 is 0 Å². The highest BCUT2D eigenvalue weighted by molar-refractivity contribution is 7.81. The molecule has 4 rings (SSSR count). The second kappa shape index (κ2) is 1.88. The van der Waals surface area contributed by atoms with Gasteiger partial charge in [-0.25, -0.2) is 0 Å². The van der Waals surface area contributed by atoms with Crippen LogP contribution in [0.2, 0.25) is 0 Å². The van der Waals surface area contributed by atoms with E-state index in [2.05, 4.69) is 0 Å². The van der Waals surface area contributed by atoms with Crippen molar-refractivity contribution in [3.05, 3.63) is 0 Å². The number of ether oxygens (including phenoxy) is 1. The Morgan fingerprint density at radius 3 is 2.75 bits per heavy atom. The van der Waals surface area contributed by atoms with E-state index < -0.39 is 0 Å². The molecule has 3 saturated carbocycles. The molecule has 12 heavy (non-hydrogen) atoms. The van der Waals surface area contributed by atoms with Gasteiger partial charge < -0.3 is 4.74 Å². The minimum atomic E-state index is 0.684. The highest BCUT2D eigenvalue weighted by Gasteiger charge is 2.68. The summed E-state index contributed by atoms with van der Waals surface area (Å²) < 4.78 is 5.69. The van der Waals surface area contributed by atoms with Crippen LogP contribution < -0.4 is 0 Å². The second-order valence-corrected chi connectivity index (χ2v) is 5.68. The number of epoxide rings is 1. The largest absolute Gasteiger partial charge is 0.369 e. The summed E-state index contributed by atoms with van der Waals surface area (Å²) in [6.45, 7) is 0. The summed E-state index contributed by atoms with van der Waals surface area (Å²) in [4.78, 5) is 0. The fourth-order valence-corrected chi connectivity index (χ4v) is 4.93. The smallest absolute Gasteiger partial charge is 0.0876 e. The molecular formula is C10H14OS. The Kier molecular flexibility index (Phi) is 1.05. The van der Waals surface area contributed by atoms with Gasteiger partial charge in [-0.3, -0.25) is 0 Å². The van der Waals surface area contributed by atoms with Crippen molar-refractivity contribution in [1.29, 1.82) is 0 Å². The SMILES string of the molecule is SC1CCC2C3CC(C4OC34)C12. The number of rotatable bonds is 0. The standard InChI is InChI=1S/C10H14OS/c12-7-2-1-4-5-3-6(8(4)7)10-9(5)11-10/h4-10,12H,1-3H2. The maximum atomic E-state index is 5.69. The van der Waals surface area contributed by atoms with E-state index in [9.17, 15) is 0 Å². The summed E-state index contributed by atoms with van der Waals surface area (Å²) in [6, 6.07) is 0. The van der Waals surface area contributed by atoms with Gasteiger partial charge in [0, 0.05) is 5.25 Å². The molecule has 2 heteroatoms. The molecule has 0 aromatic carbocycles. The topological polar surface area (TPSA) is 12.5 Å². The Hall–Kier alpha value is 0.310. The van der Waals surface area contributed by atoms with Crippen molar-refractivity contribution in [1.82, 2.24) is 0 Å². The average Bonchev–Trinajstić information content (AvgIpc) is 2.50. The Morgan fingerprint density at radius 1 is 1.00 bits per heavy atom. The van der Waals surface area contributed by atoms with Gasteiger partial charge >= 0.3 is 0 Å². The first kappa shape index (κ1) is 6.72. The zero-order chi connectivity index (χ0) is 7.87. The Balaban J connectivity index is 1.76. The lowest BCUT2D eigenvalue weighted by atomic mass is 9.82. The molecule has 0 spiro atoms. The van der Waals surface area contributed by atoms with Crippen LogP contribution >= 0.6 is 12.6 Å². The first-order valence-corrected chi connectivity index (χ1v) is 5.71. The summed E-state index contributed by atoms with van der Waals surface area (Å²) in [6.07, 6.45) is 5.66. The number of hydrogen-bond donors (Lipinski definition) is 1. The van der Waals surface area contributed by atoms with Crippen molar-refractivity contribution in [3.63, 3.8) is 0 Å². The van der Waals surface area contributed by atoms with Gasteiger partial charge in [-0.05, 0) is 42.9 Å². The second-order valence-electron chi connectivity index (χ2n) is 5.01. The number of hydrogen-bond acceptors (Lipinski definition) is 2. The molecule has 3 aliphatic carbocycles. The first-order valence-electron chi connectivity index (χ1n) is 5.20. The van der Waals surface area contributed by atoms with Gasteiger partial charge in [-0.1, -0.05) is 0 Å². The van der Waals surface area contributed by atoms with Crippen LogP contribution in [0.5, 0.6) is 0 Å². The van der Waals surface area contributed by atoms with Crippen LogP contribution in [-0.4, -0.2) is 17.5 Å². The van der Waals surface area contributed by atoms with E-state index in [1.54, 1.807) is 0 Å². The Morgan fingerprint density at radius 2 is 1.83 bits per heavy atom. The van der Waals surface area contributed by atoms with Crippen LogP contribution in [0.15, 0.2) is 0 Å². The van der Waals surface area contributed by atoms with Crippen LogP contribution in [0, 0.1) is 23.7 Å². The molecule has 4 fully saturated rings. The molecule has 0 N–H and O–H groups in total. The Labute approximate surface area is 78.3 Å². The Bertz CT molecular complexity index is 240. The molecule has 7 atom stereocenters. The van der Waals surface area contributed by atoms with E-state index in [1.165, 1.54) is 19.3 Å². The minimum absolute atomic E-state index is 0.684. The molecule has 0 aromatic rings. The summed E-state index contributed by atoms with van der Waals surface area (Å²) in [5.41, 5.74) is 0. The van der Waals surface area contributed by atoms with Crippen LogP contribution in [0.25, 0.3) is 0 Å². The lowest BCUT2D eigenvalue weighted by Crippen LogP contribution is -2.27. The number of thiol groups is 1. The third-order valence-corrected chi connectivity index (χ3v) is 5.33. The van der Waals surface area contributed by atoms with Gasteiger partial charge in [0.2, 0.25) is 0 Å². The van der Waals surface area contributed by atoms with Crippen LogP contribution in [-0.2, 0) is 4.74 Å². The van der Waals surface area contributed by atoms with Crippen molar-refractivity contribution >= 4 is 12.6 Å². The highest BCUT2D eigenvalue weighted by atomic mass is 32.1. The monoisotopic (exact) mass is 182 g/mol. The zero-order valence-electron chi connectivity index (χ0n) is 7.02. The molecule has 7 unspecified atom stereocenters. The molecule has 1 saturated heterocycles. The van der Waals surface area contributed by atoms with Gasteiger partial charge in [0.15, 0.2) is 0 Å². The molecule has 0 amide bonds. The fraction of sp³-hybridized carbons (Fsp3) is 1.00. The lowest BCUT2D eigenvalue weighted by Gasteiger charge is -2.23. The van der Waals surface area contributed by atoms with Gasteiger partial charge in [-0.15, -0.1) is 0 Å². The maximum absolute atomic E-state index is 5.69. The van der Waals surface area contributed by atoms with Gasteiger partial charge in [0.1, 0.15) is 0 Å². The summed E-state index contributed by atoms with van der Waals surface area (Å²) in [5.74, 6) is 3.79. The lowest BCUT2D eigenvalue weighted by molar-refractivity contribution is 0.244. The van der Waals surface area contributed by atoms with Crippen molar-refractivity contribution in [2.24, 2.45) is 23.7 Å². The first-order chi connectivity index (χ1) is 5.86. The molecule has 66 valence electrons. The molecule has 1 nitrogen and oxygen atoms in total. The molecule has 4 aliphatic rings. The van der Waals surface area contributed by atoms with Crippen molar-refractivity contribution in [2.75, 3.05) is 0 Å². The van der Waals surface area contributed by atoms with Crippen molar-refractivity contribution < 1.29 is 4.74 Å². The predicted molar refractivity (Wildman–Crippen MR) is 49.2 cm³/mol. The highest BCUT2D eigenvalue weighted by Crippen LogP contribution is 2.66. The van der Waals surface area contributed by atoms with Crippen LogP contribution in [0.3, 0.4) is 0 Å². The third-order valence-electron chi connectivity index (χ3n) is 4.73. The van der Waals surface area contributed by atoms with Crippen LogP contribution in [0.4, 0.5) is 0 Å². The predicted octanol–water partition coefficient (Wildman–Crippen LogP) is 1.73. The normalized spacial score (nSPS) is 71.2. The van der Waals surface area contributed by atoms with E-state index in [0.717, 1.165) is 23.7 Å². The summed E-state index contributed by atoms with van der Waals surface area (Å²) in [7, 11) is 0.